The van der Waals surface area contributed by atoms with Crippen LogP contribution in [-0.2, 0) is 4.79 Å². The lowest BCUT2D eigenvalue weighted by Crippen LogP contribution is -2.36. The first-order chi connectivity index (χ1) is 12.5. The predicted molar refractivity (Wildman–Crippen MR) is 98.5 cm³/mol. The lowest BCUT2D eigenvalue weighted by Gasteiger charge is -2.22. The van der Waals surface area contributed by atoms with Gasteiger partial charge in [0.15, 0.2) is 0 Å². The molecule has 1 fully saturated rings. The van der Waals surface area contributed by atoms with Crippen LogP contribution in [0.2, 0.25) is 0 Å². The largest absolute Gasteiger partial charge is 0.480 e. The Hall–Kier alpha value is -3.15. The van der Waals surface area contributed by atoms with E-state index in [-0.39, 0.29) is 5.71 Å². The molecule has 1 aromatic carbocycles. The van der Waals surface area contributed by atoms with E-state index >= 15 is 0 Å². The topological polar surface area (TPSA) is 83.6 Å². The van der Waals surface area contributed by atoms with Gasteiger partial charge in [-0.2, -0.15) is 4.98 Å². The van der Waals surface area contributed by atoms with Crippen molar-refractivity contribution in [1.82, 2.24) is 4.98 Å². The van der Waals surface area contributed by atoms with Gasteiger partial charge in [0.25, 0.3) is 0 Å². The van der Waals surface area contributed by atoms with E-state index in [0.717, 1.165) is 28.5 Å². The van der Waals surface area contributed by atoms with Crippen LogP contribution < -0.4 is 10.5 Å². The number of aryl methyl sites for hydroxylation is 1. The summed E-state index contributed by atoms with van der Waals surface area (Å²) in [5, 5.41) is 10.1. The zero-order chi connectivity index (χ0) is 18.3. The Kier molecular flexibility index (Phi) is 3.95. The molecule has 2 aromatic heterocycles. The molecule has 0 unspecified atom stereocenters. The number of carboxylic acid groups (broad SMARTS) is 1. The van der Waals surface area contributed by atoms with Crippen LogP contribution in [0.3, 0.4) is 0 Å². The van der Waals surface area contributed by atoms with Crippen molar-refractivity contribution >= 4 is 22.9 Å². The molecular formula is C20H18N2O4. The van der Waals surface area contributed by atoms with Gasteiger partial charge in [0.2, 0.25) is 5.71 Å². The standard InChI is InChI=1S/C20H18N2O4/c1-12-5-2-3-6-13(12)15-11-18(23)26-19-14(15)8-9-17(21-19)22-10-4-7-16(22)20(24)25/h2-3,5-6,8-9,11,16H,4,7,10H2,1H3,(H,24,25)/t16-/m0/s1. The van der Waals surface area contributed by atoms with Gasteiger partial charge in [0.05, 0.1) is 0 Å². The minimum Gasteiger partial charge on any atom is -0.480 e. The zero-order valence-electron chi connectivity index (χ0n) is 14.3. The first kappa shape index (κ1) is 16.3. The van der Waals surface area contributed by atoms with E-state index in [1.165, 1.54) is 6.07 Å². The third-order valence-corrected chi connectivity index (χ3v) is 4.86. The summed E-state index contributed by atoms with van der Waals surface area (Å²) in [6, 6.07) is 12.3. The highest BCUT2D eigenvalue weighted by Gasteiger charge is 2.31. The van der Waals surface area contributed by atoms with Gasteiger partial charge in [-0.3, -0.25) is 0 Å². The van der Waals surface area contributed by atoms with E-state index < -0.39 is 17.6 Å². The monoisotopic (exact) mass is 350 g/mol. The second-order valence-electron chi connectivity index (χ2n) is 6.51. The highest BCUT2D eigenvalue weighted by molar-refractivity contribution is 5.93. The molecule has 0 radical (unpaired) electrons. The summed E-state index contributed by atoms with van der Waals surface area (Å²) in [6.07, 6.45) is 1.38. The van der Waals surface area contributed by atoms with Crippen LogP contribution in [0, 0.1) is 6.92 Å². The average Bonchev–Trinajstić information content (AvgIpc) is 3.11. The minimum atomic E-state index is -0.862. The Morgan fingerprint density at radius 2 is 2.04 bits per heavy atom. The lowest BCUT2D eigenvalue weighted by molar-refractivity contribution is -0.138. The maximum atomic E-state index is 12.1. The van der Waals surface area contributed by atoms with Crippen molar-refractivity contribution < 1.29 is 14.3 Å². The van der Waals surface area contributed by atoms with Crippen molar-refractivity contribution in [2.24, 2.45) is 0 Å². The van der Waals surface area contributed by atoms with Crippen LogP contribution in [0.5, 0.6) is 0 Å². The van der Waals surface area contributed by atoms with Gasteiger partial charge in [-0.1, -0.05) is 24.3 Å². The maximum Gasteiger partial charge on any atom is 0.338 e. The molecule has 1 N–H and O–H groups in total. The van der Waals surface area contributed by atoms with E-state index in [4.69, 9.17) is 4.42 Å². The molecule has 4 rings (SSSR count). The van der Waals surface area contributed by atoms with E-state index in [1.54, 1.807) is 11.0 Å². The third-order valence-electron chi connectivity index (χ3n) is 4.86. The van der Waals surface area contributed by atoms with Gasteiger partial charge in [0.1, 0.15) is 11.9 Å². The number of carbonyl (C=O) groups is 1. The van der Waals surface area contributed by atoms with Gasteiger partial charge in [-0.25, -0.2) is 9.59 Å². The molecule has 0 spiro atoms. The molecule has 3 heterocycles. The second-order valence-corrected chi connectivity index (χ2v) is 6.51. The number of pyridine rings is 1. The molecular weight excluding hydrogens is 332 g/mol. The van der Waals surface area contributed by atoms with Crippen molar-refractivity contribution in [3.05, 3.63) is 58.4 Å². The second kappa shape index (κ2) is 6.29. The third kappa shape index (κ3) is 2.73. The van der Waals surface area contributed by atoms with Crippen LogP contribution in [0.15, 0.2) is 51.7 Å². The van der Waals surface area contributed by atoms with Crippen molar-refractivity contribution in [3.63, 3.8) is 0 Å². The molecule has 0 bridgehead atoms. The number of fused-ring (bicyclic) bond motifs is 1. The number of hydrogen-bond acceptors (Lipinski definition) is 5. The highest BCUT2D eigenvalue weighted by atomic mass is 16.4. The summed E-state index contributed by atoms with van der Waals surface area (Å²) in [5.74, 6) is -0.341. The lowest BCUT2D eigenvalue weighted by atomic mass is 9.99. The first-order valence-electron chi connectivity index (χ1n) is 8.55. The summed E-state index contributed by atoms with van der Waals surface area (Å²) in [6.45, 7) is 2.61. The Labute approximate surface area is 149 Å². The van der Waals surface area contributed by atoms with E-state index in [9.17, 15) is 14.7 Å². The molecule has 1 aliphatic heterocycles. The van der Waals surface area contributed by atoms with Crippen molar-refractivity contribution in [3.8, 4) is 11.1 Å². The highest BCUT2D eigenvalue weighted by Crippen LogP contribution is 2.31. The van der Waals surface area contributed by atoms with Crippen molar-refractivity contribution in [1.29, 1.82) is 0 Å². The van der Waals surface area contributed by atoms with E-state index in [0.29, 0.717) is 18.8 Å². The molecule has 1 aliphatic rings. The fraction of sp³-hybridized carbons (Fsp3) is 0.250. The SMILES string of the molecule is Cc1ccccc1-c1cc(=O)oc2nc(N3CCC[C@H]3C(=O)O)ccc12. The van der Waals surface area contributed by atoms with Gasteiger partial charge < -0.3 is 14.4 Å². The number of carboxylic acids is 1. The molecule has 0 aliphatic carbocycles. The van der Waals surface area contributed by atoms with Crippen molar-refractivity contribution in [2.75, 3.05) is 11.4 Å². The smallest absolute Gasteiger partial charge is 0.338 e. The molecule has 132 valence electrons. The first-order valence-corrected chi connectivity index (χ1v) is 8.55. The Morgan fingerprint density at radius 1 is 1.23 bits per heavy atom. The molecule has 6 nitrogen and oxygen atoms in total. The number of nitrogens with zero attached hydrogens (tertiary/aromatic N) is 2. The number of aliphatic carboxylic acids is 1. The van der Waals surface area contributed by atoms with Gasteiger partial charge in [0, 0.05) is 23.6 Å². The zero-order valence-corrected chi connectivity index (χ0v) is 14.3. The van der Waals surface area contributed by atoms with Crippen LogP contribution in [0.1, 0.15) is 18.4 Å². The molecule has 26 heavy (non-hydrogen) atoms. The van der Waals surface area contributed by atoms with Gasteiger partial charge in [-0.15, -0.1) is 0 Å². The molecule has 1 atom stereocenters. The van der Waals surface area contributed by atoms with Crippen LogP contribution in [0.4, 0.5) is 5.82 Å². The fourth-order valence-corrected chi connectivity index (χ4v) is 3.59. The normalized spacial score (nSPS) is 17.0. The summed E-state index contributed by atoms with van der Waals surface area (Å²) >= 11 is 0. The number of rotatable bonds is 3. The predicted octanol–water partition coefficient (Wildman–Crippen LogP) is 3.22. The molecule has 0 amide bonds. The molecule has 0 saturated carbocycles. The summed E-state index contributed by atoms with van der Waals surface area (Å²) in [5.41, 5.74) is 2.52. The van der Waals surface area contributed by atoms with Crippen LogP contribution in [-0.4, -0.2) is 28.6 Å². The van der Waals surface area contributed by atoms with Gasteiger partial charge >= 0.3 is 11.6 Å². The van der Waals surface area contributed by atoms with Gasteiger partial charge in [-0.05, 0) is 43.0 Å². The average molecular weight is 350 g/mol. The number of benzene rings is 1. The summed E-state index contributed by atoms with van der Waals surface area (Å²) in [4.78, 5) is 29.7. The van der Waals surface area contributed by atoms with E-state index in [2.05, 4.69) is 4.98 Å². The van der Waals surface area contributed by atoms with Crippen LogP contribution in [0.25, 0.3) is 22.2 Å². The Balaban J connectivity index is 1.87. The number of anilines is 1. The quantitative estimate of drug-likeness (QED) is 0.781. The molecule has 6 heteroatoms. The fourth-order valence-electron chi connectivity index (χ4n) is 3.59. The van der Waals surface area contributed by atoms with Crippen LogP contribution >= 0.6 is 0 Å². The molecule has 1 saturated heterocycles. The minimum absolute atomic E-state index is 0.226. The van der Waals surface area contributed by atoms with Crippen molar-refractivity contribution in [2.45, 2.75) is 25.8 Å². The number of hydrogen-bond donors (Lipinski definition) is 1. The Bertz CT molecular complexity index is 1060. The molecule has 3 aromatic rings. The Morgan fingerprint density at radius 3 is 2.81 bits per heavy atom. The van der Waals surface area contributed by atoms with E-state index in [1.807, 2.05) is 37.3 Å². The maximum absolute atomic E-state index is 12.1. The summed E-state index contributed by atoms with van der Waals surface area (Å²) < 4.78 is 5.32. The summed E-state index contributed by atoms with van der Waals surface area (Å²) in [7, 11) is 0. The number of aromatic nitrogens is 1.